The quantitative estimate of drug-likeness (QED) is 0.713. The van der Waals surface area contributed by atoms with E-state index in [1.54, 1.807) is 22.9 Å². The number of nitrogens with zero attached hydrogens (tertiary/aromatic N) is 4. The summed E-state index contributed by atoms with van der Waals surface area (Å²) in [6.45, 7) is 0.815. The lowest BCUT2D eigenvalue weighted by molar-refractivity contribution is -0.121. The van der Waals surface area contributed by atoms with Crippen LogP contribution >= 0.6 is 0 Å². The molecule has 0 saturated carbocycles. The zero-order valence-electron chi connectivity index (χ0n) is 15.9. The lowest BCUT2D eigenvalue weighted by atomic mass is 10.1. The average molecular weight is 395 g/mol. The van der Waals surface area contributed by atoms with Crippen LogP contribution in [0.25, 0.3) is 0 Å². The maximum atomic E-state index is 13.1. The molecule has 1 N–H and O–H groups in total. The molecule has 1 aliphatic heterocycles. The number of hydrogen-bond donors (Lipinski definition) is 1. The van der Waals surface area contributed by atoms with Gasteiger partial charge in [-0.05, 0) is 42.7 Å². The number of pyridine rings is 1. The van der Waals surface area contributed by atoms with Gasteiger partial charge in [0, 0.05) is 30.9 Å². The number of fused-ring (bicyclic) bond motifs is 1. The Morgan fingerprint density at radius 2 is 2.00 bits per heavy atom. The van der Waals surface area contributed by atoms with Gasteiger partial charge in [-0.15, -0.1) is 0 Å². The van der Waals surface area contributed by atoms with E-state index in [2.05, 4.69) is 15.4 Å². The Morgan fingerprint density at radius 1 is 1.17 bits per heavy atom. The summed E-state index contributed by atoms with van der Waals surface area (Å²) in [5.74, 6) is 0.346. The number of aryl methyl sites for hydroxylation is 1. The molecule has 1 aromatic carbocycles. The topological polar surface area (TPSA) is 81.8 Å². The van der Waals surface area contributed by atoms with Crippen LogP contribution in [0.1, 0.15) is 29.9 Å². The minimum Gasteiger partial charge on any atom is -0.353 e. The van der Waals surface area contributed by atoms with Gasteiger partial charge in [-0.25, -0.2) is 13.9 Å². The molecule has 0 aliphatic carbocycles. The van der Waals surface area contributed by atoms with E-state index in [1.807, 2.05) is 18.2 Å². The standard InChI is InChI=1S/C21H22FN5O2/c22-16-6-4-15(5-7-16)14-27-21(29)26-12-10-17(8-9-19(26)25-27)24-20(28)13-18-3-1-2-11-23-18/h1-7,11,17H,8-10,12-14H2,(H,24,28). The van der Waals surface area contributed by atoms with Crippen LogP contribution in [0.4, 0.5) is 4.39 Å². The van der Waals surface area contributed by atoms with Crippen LogP contribution in [0.3, 0.4) is 0 Å². The van der Waals surface area contributed by atoms with E-state index >= 15 is 0 Å². The van der Waals surface area contributed by atoms with Gasteiger partial charge >= 0.3 is 5.69 Å². The van der Waals surface area contributed by atoms with Crippen molar-refractivity contribution in [3.63, 3.8) is 0 Å². The van der Waals surface area contributed by atoms with Crippen LogP contribution < -0.4 is 11.0 Å². The normalized spacial score (nSPS) is 16.1. The predicted molar refractivity (Wildman–Crippen MR) is 105 cm³/mol. The first kappa shape index (κ1) is 19.0. The third-order valence-electron chi connectivity index (χ3n) is 5.10. The summed E-state index contributed by atoms with van der Waals surface area (Å²) in [6, 6.07) is 11.6. The second kappa shape index (κ2) is 8.38. The molecule has 0 bridgehead atoms. The number of carbonyl (C=O) groups excluding carboxylic acids is 1. The van der Waals surface area contributed by atoms with Crippen molar-refractivity contribution in [2.45, 2.75) is 44.8 Å². The van der Waals surface area contributed by atoms with Crippen LogP contribution in [0.5, 0.6) is 0 Å². The summed E-state index contributed by atoms with van der Waals surface area (Å²) in [6.07, 6.45) is 3.92. The van der Waals surface area contributed by atoms with Gasteiger partial charge in [0.2, 0.25) is 5.91 Å². The van der Waals surface area contributed by atoms with Gasteiger partial charge in [0.1, 0.15) is 11.6 Å². The summed E-state index contributed by atoms with van der Waals surface area (Å²) in [5, 5.41) is 7.51. The highest BCUT2D eigenvalue weighted by Gasteiger charge is 2.22. The number of halogens is 1. The molecule has 1 atom stereocenters. The van der Waals surface area contributed by atoms with Crippen LogP contribution in [0.15, 0.2) is 53.5 Å². The van der Waals surface area contributed by atoms with Crippen molar-refractivity contribution in [2.24, 2.45) is 0 Å². The number of hydrogen-bond acceptors (Lipinski definition) is 4. The van der Waals surface area contributed by atoms with Crippen LogP contribution in [-0.2, 0) is 30.7 Å². The fraction of sp³-hybridized carbons (Fsp3) is 0.333. The zero-order chi connectivity index (χ0) is 20.2. The highest BCUT2D eigenvalue weighted by atomic mass is 19.1. The smallest absolute Gasteiger partial charge is 0.346 e. The van der Waals surface area contributed by atoms with E-state index in [4.69, 9.17) is 0 Å². The number of benzene rings is 1. The highest BCUT2D eigenvalue weighted by molar-refractivity contribution is 5.78. The fourth-order valence-electron chi connectivity index (χ4n) is 3.58. The molecule has 0 saturated heterocycles. The fourth-order valence-corrected chi connectivity index (χ4v) is 3.58. The first-order chi connectivity index (χ1) is 14.1. The van der Waals surface area contributed by atoms with E-state index in [0.29, 0.717) is 25.9 Å². The minimum atomic E-state index is -0.308. The van der Waals surface area contributed by atoms with Crippen LogP contribution in [0, 0.1) is 5.82 Å². The largest absolute Gasteiger partial charge is 0.353 e. The minimum absolute atomic E-state index is 0.00198. The Bertz CT molecular complexity index is 1040. The molecule has 7 nitrogen and oxygen atoms in total. The van der Waals surface area contributed by atoms with Gasteiger partial charge in [0.05, 0.1) is 13.0 Å². The molecule has 0 spiro atoms. The van der Waals surface area contributed by atoms with Crippen molar-refractivity contribution in [3.05, 3.63) is 82.0 Å². The maximum absolute atomic E-state index is 13.1. The lowest BCUT2D eigenvalue weighted by Gasteiger charge is -2.15. The number of aromatic nitrogens is 4. The third-order valence-corrected chi connectivity index (χ3v) is 5.10. The molecule has 0 radical (unpaired) electrons. The Morgan fingerprint density at radius 3 is 2.76 bits per heavy atom. The van der Waals surface area contributed by atoms with Crippen LogP contribution in [-0.4, -0.2) is 31.3 Å². The Kier molecular flexibility index (Phi) is 5.50. The van der Waals surface area contributed by atoms with Gasteiger partial charge in [-0.2, -0.15) is 5.10 Å². The first-order valence-electron chi connectivity index (χ1n) is 9.69. The number of nitrogens with one attached hydrogen (secondary N) is 1. The van der Waals surface area contributed by atoms with Crippen molar-refractivity contribution in [3.8, 4) is 0 Å². The predicted octanol–water partition coefficient (Wildman–Crippen LogP) is 1.69. The summed E-state index contributed by atoms with van der Waals surface area (Å²) in [4.78, 5) is 29.2. The van der Waals surface area contributed by atoms with Crippen molar-refractivity contribution >= 4 is 5.91 Å². The van der Waals surface area contributed by atoms with Gasteiger partial charge in [0.25, 0.3) is 0 Å². The Balaban J connectivity index is 1.38. The third kappa shape index (κ3) is 4.59. The van der Waals surface area contributed by atoms with E-state index < -0.39 is 0 Å². The van der Waals surface area contributed by atoms with Gasteiger partial charge in [0.15, 0.2) is 0 Å². The average Bonchev–Trinajstić information content (AvgIpc) is 2.87. The van der Waals surface area contributed by atoms with E-state index in [-0.39, 0.29) is 29.9 Å². The summed E-state index contributed by atoms with van der Waals surface area (Å²) >= 11 is 0. The highest BCUT2D eigenvalue weighted by Crippen LogP contribution is 2.13. The number of rotatable bonds is 5. The summed E-state index contributed by atoms with van der Waals surface area (Å²) in [7, 11) is 0. The van der Waals surface area contributed by atoms with E-state index in [9.17, 15) is 14.0 Å². The molecule has 150 valence electrons. The summed E-state index contributed by atoms with van der Waals surface area (Å²) in [5.41, 5.74) is 1.38. The summed E-state index contributed by atoms with van der Waals surface area (Å²) < 4.78 is 16.2. The molecule has 2 aromatic heterocycles. The van der Waals surface area contributed by atoms with Crippen LogP contribution in [0.2, 0.25) is 0 Å². The van der Waals surface area contributed by atoms with E-state index in [0.717, 1.165) is 23.5 Å². The molecule has 0 fully saturated rings. The van der Waals surface area contributed by atoms with Gasteiger partial charge < -0.3 is 5.32 Å². The lowest BCUT2D eigenvalue weighted by Crippen LogP contribution is -2.36. The van der Waals surface area contributed by atoms with Crippen molar-refractivity contribution in [2.75, 3.05) is 0 Å². The molecule has 1 aliphatic rings. The molecular formula is C21H22FN5O2. The molecule has 1 amide bonds. The molecule has 4 rings (SSSR count). The Hall–Kier alpha value is -3.29. The van der Waals surface area contributed by atoms with Crippen molar-refractivity contribution in [1.82, 2.24) is 24.6 Å². The second-order valence-corrected chi connectivity index (χ2v) is 7.22. The monoisotopic (exact) mass is 395 g/mol. The van der Waals surface area contributed by atoms with Gasteiger partial charge in [-0.3, -0.25) is 14.3 Å². The molecule has 3 heterocycles. The first-order valence-corrected chi connectivity index (χ1v) is 9.69. The Labute approximate surface area is 167 Å². The molecular weight excluding hydrogens is 373 g/mol. The van der Waals surface area contributed by atoms with E-state index in [1.165, 1.54) is 16.8 Å². The molecule has 1 unspecified atom stereocenters. The molecule has 3 aromatic rings. The number of carbonyl (C=O) groups is 1. The second-order valence-electron chi connectivity index (χ2n) is 7.22. The number of amides is 1. The molecule has 8 heteroatoms. The molecule has 29 heavy (non-hydrogen) atoms. The maximum Gasteiger partial charge on any atom is 0.346 e. The zero-order valence-corrected chi connectivity index (χ0v) is 15.9. The van der Waals surface area contributed by atoms with Crippen molar-refractivity contribution in [1.29, 1.82) is 0 Å². The van der Waals surface area contributed by atoms with Crippen molar-refractivity contribution < 1.29 is 9.18 Å². The SMILES string of the molecule is O=C(Cc1ccccn1)NC1CCc2nn(Cc3ccc(F)cc3)c(=O)n2CC1. The van der Waals surface area contributed by atoms with Gasteiger partial charge in [-0.1, -0.05) is 18.2 Å².